The molecule has 0 aromatic heterocycles. The normalized spacial score (nSPS) is 20.4. The first-order chi connectivity index (χ1) is 8.70. The van der Waals surface area contributed by atoms with Crippen LogP contribution >= 0.6 is 0 Å². The Morgan fingerprint density at radius 1 is 1.50 bits per heavy atom. The van der Waals surface area contributed by atoms with Crippen LogP contribution in [-0.4, -0.2) is 18.6 Å². The molecule has 18 heavy (non-hydrogen) atoms. The van der Waals surface area contributed by atoms with Gasteiger partial charge in [0, 0.05) is 6.61 Å². The lowest BCUT2D eigenvalue weighted by atomic mass is 9.99. The van der Waals surface area contributed by atoms with Crippen molar-refractivity contribution < 1.29 is 13.9 Å². The summed E-state index contributed by atoms with van der Waals surface area (Å²) in [6, 6.07) is 5.86. The van der Waals surface area contributed by atoms with Crippen LogP contribution in [0.1, 0.15) is 24.4 Å². The fourth-order valence-electron chi connectivity index (χ4n) is 2.14. The Hall–Kier alpha value is -1.68. The Morgan fingerprint density at radius 2 is 2.22 bits per heavy atom. The van der Waals surface area contributed by atoms with Gasteiger partial charge >= 0.3 is 0 Å². The summed E-state index contributed by atoms with van der Waals surface area (Å²) in [5.41, 5.74) is 0.846. The molecule has 1 aromatic rings. The van der Waals surface area contributed by atoms with Crippen LogP contribution in [0.25, 0.3) is 0 Å². The molecule has 4 heteroatoms. The summed E-state index contributed by atoms with van der Waals surface area (Å²) in [7, 11) is 0. The van der Waals surface area contributed by atoms with Crippen molar-refractivity contribution in [3.63, 3.8) is 0 Å². The van der Waals surface area contributed by atoms with Crippen molar-refractivity contribution in [3.05, 3.63) is 48.3 Å². The number of rotatable bonds is 4. The van der Waals surface area contributed by atoms with Gasteiger partial charge in [-0.1, -0.05) is 18.7 Å². The van der Waals surface area contributed by atoms with Crippen LogP contribution in [0.4, 0.5) is 4.39 Å². The minimum Gasteiger partial charge on any atom is -0.376 e. The number of carbonyl (C=O) groups is 1. The standard InChI is InChI=1S/C14H16FNO2/c1-2-13(17)16-14(12-4-3-9-18-12)10-5-7-11(15)8-6-10/h2,5-8,12,14H,1,3-4,9H2,(H,16,17). The van der Waals surface area contributed by atoms with E-state index < -0.39 is 0 Å². The van der Waals surface area contributed by atoms with Crippen LogP contribution in [-0.2, 0) is 9.53 Å². The maximum Gasteiger partial charge on any atom is 0.243 e. The van der Waals surface area contributed by atoms with Crippen molar-refractivity contribution in [3.8, 4) is 0 Å². The molecule has 1 aromatic carbocycles. The van der Waals surface area contributed by atoms with Gasteiger partial charge in [-0.05, 0) is 36.6 Å². The average molecular weight is 249 g/mol. The zero-order chi connectivity index (χ0) is 13.0. The maximum atomic E-state index is 12.9. The monoisotopic (exact) mass is 249 g/mol. The Balaban J connectivity index is 2.19. The molecular weight excluding hydrogens is 233 g/mol. The molecule has 3 nitrogen and oxygen atoms in total. The second kappa shape index (κ2) is 5.78. The van der Waals surface area contributed by atoms with Crippen molar-refractivity contribution in [1.29, 1.82) is 0 Å². The highest BCUT2D eigenvalue weighted by Gasteiger charge is 2.28. The van der Waals surface area contributed by atoms with Gasteiger partial charge in [-0.15, -0.1) is 0 Å². The highest BCUT2D eigenvalue weighted by atomic mass is 19.1. The van der Waals surface area contributed by atoms with E-state index >= 15 is 0 Å². The van der Waals surface area contributed by atoms with E-state index in [2.05, 4.69) is 11.9 Å². The highest BCUT2D eigenvalue weighted by Crippen LogP contribution is 2.27. The summed E-state index contributed by atoms with van der Waals surface area (Å²) in [6.45, 7) is 4.14. The topological polar surface area (TPSA) is 38.3 Å². The molecule has 2 rings (SSSR count). The predicted octanol–water partition coefficient (Wildman–Crippen LogP) is 2.35. The van der Waals surface area contributed by atoms with E-state index in [1.54, 1.807) is 12.1 Å². The molecule has 0 saturated carbocycles. The van der Waals surface area contributed by atoms with Gasteiger partial charge in [-0.25, -0.2) is 4.39 Å². The van der Waals surface area contributed by atoms with Gasteiger partial charge in [0.25, 0.3) is 0 Å². The summed E-state index contributed by atoms with van der Waals surface area (Å²) in [5.74, 6) is -0.542. The van der Waals surface area contributed by atoms with Crippen LogP contribution in [0.3, 0.4) is 0 Å². The molecule has 1 aliphatic heterocycles. The molecule has 0 aliphatic carbocycles. The molecule has 0 radical (unpaired) electrons. The molecule has 96 valence electrons. The molecule has 2 unspecified atom stereocenters. The number of amides is 1. The van der Waals surface area contributed by atoms with E-state index in [9.17, 15) is 9.18 Å². The lowest BCUT2D eigenvalue weighted by molar-refractivity contribution is -0.118. The Morgan fingerprint density at radius 3 is 2.78 bits per heavy atom. The number of hydrogen-bond donors (Lipinski definition) is 1. The molecule has 1 heterocycles. The second-order valence-electron chi connectivity index (χ2n) is 4.29. The summed E-state index contributed by atoms with van der Waals surface area (Å²) < 4.78 is 18.5. The summed E-state index contributed by atoms with van der Waals surface area (Å²) >= 11 is 0. The number of hydrogen-bond acceptors (Lipinski definition) is 2. The molecule has 0 bridgehead atoms. The van der Waals surface area contributed by atoms with Crippen molar-refractivity contribution in [2.75, 3.05) is 6.61 Å². The van der Waals surface area contributed by atoms with Crippen LogP contribution < -0.4 is 5.32 Å². The van der Waals surface area contributed by atoms with Crippen molar-refractivity contribution in [2.24, 2.45) is 0 Å². The average Bonchev–Trinajstić information content (AvgIpc) is 2.90. The third-order valence-corrected chi connectivity index (χ3v) is 3.05. The molecule has 1 N–H and O–H groups in total. The third-order valence-electron chi connectivity index (χ3n) is 3.05. The SMILES string of the molecule is C=CC(=O)NC(c1ccc(F)cc1)C1CCCO1. The minimum atomic E-state index is -0.292. The third kappa shape index (κ3) is 2.96. The van der Waals surface area contributed by atoms with Gasteiger partial charge in [-0.3, -0.25) is 4.79 Å². The van der Waals surface area contributed by atoms with Crippen LogP contribution in [0.2, 0.25) is 0 Å². The van der Waals surface area contributed by atoms with E-state index in [1.165, 1.54) is 18.2 Å². The van der Waals surface area contributed by atoms with Crippen molar-refractivity contribution in [2.45, 2.75) is 25.0 Å². The Labute approximate surface area is 106 Å². The quantitative estimate of drug-likeness (QED) is 0.832. The Bertz CT molecular complexity index is 424. The Kier molecular flexibility index (Phi) is 4.10. The smallest absolute Gasteiger partial charge is 0.243 e. The molecule has 1 saturated heterocycles. The van der Waals surface area contributed by atoms with E-state index in [-0.39, 0.29) is 23.9 Å². The molecule has 2 atom stereocenters. The first-order valence-electron chi connectivity index (χ1n) is 6.00. The number of halogens is 1. The molecule has 1 amide bonds. The summed E-state index contributed by atoms with van der Waals surface area (Å²) in [5, 5.41) is 2.84. The fourth-order valence-corrected chi connectivity index (χ4v) is 2.14. The van der Waals surface area contributed by atoms with E-state index in [0.717, 1.165) is 18.4 Å². The second-order valence-corrected chi connectivity index (χ2v) is 4.29. The van der Waals surface area contributed by atoms with Gasteiger partial charge in [0.15, 0.2) is 0 Å². The van der Waals surface area contributed by atoms with Crippen molar-refractivity contribution in [1.82, 2.24) is 5.32 Å². The molecular formula is C14H16FNO2. The maximum absolute atomic E-state index is 12.9. The van der Waals surface area contributed by atoms with E-state index in [4.69, 9.17) is 4.74 Å². The van der Waals surface area contributed by atoms with E-state index in [0.29, 0.717) is 6.61 Å². The first-order valence-corrected chi connectivity index (χ1v) is 6.00. The van der Waals surface area contributed by atoms with Gasteiger partial charge < -0.3 is 10.1 Å². The zero-order valence-corrected chi connectivity index (χ0v) is 10.1. The minimum absolute atomic E-state index is 0.0561. The van der Waals surface area contributed by atoms with Crippen LogP contribution in [0, 0.1) is 5.82 Å². The lowest BCUT2D eigenvalue weighted by Crippen LogP contribution is -2.35. The van der Waals surface area contributed by atoms with Gasteiger partial charge in [0.2, 0.25) is 5.91 Å². The number of benzene rings is 1. The number of nitrogens with one attached hydrogen (secondary N) is 1. The molecule has 1 fully saturated rings. The fraction of sp³-hybridized carbons (Fsp3) is 0.357. The van der Waals surface area contributed by atoms with Crippen LogP contribution in [0.5, 0.6) is 0 Å². The largest absolute Gasteiger partial charge is 0.376 e. The first kappa shape index (κ1) is 12.8. The number of ether oxygens (including phenoxy) is 1. The predicted molar refractivity (Wildman–Crippen MR) is 66.5 cm³/mol. The molecule has 0 spiro atoms. The zero-order valence-electron chi connectivity index (χ0n) is 10.1. The van der Waals surface area contributed by atoms with Gasteiger partial charge in [0.05, 0.1) is 12.1 Å². The molecule has 1 aliphatic rings. The van der Waals surface area contributed by atoms with Gasteiger partial charge in [0.1, 0.15) is 5.82 Å². The number of carbonyl (C=O) groups excluding carboxylic acids is 1. The van der Waals surface area contributed by atoms with E-state index in [1.807, 2.05) is 0 Å². The van der Waals surface area contributed by atoms with Crippen molar-refractivity contribution >= 4 is 5.91 Å². The highest BCUT2D eigenvalue weighted by molar-refractivity contribution is 5.87. The van der Waals surface area contributed by atoms with Gasteiger partial charge in [-0.2, -0.15) is 0 Å². The lowest BCUT2D eigenvalue weighted by Gasteiger charge is -2.24. The van der Waals surface area contributed by atoms with Crippen LogP contribution in [0.15, 0.2) is 36.9 Å². The summed E-state index contributed by atoms with van der Waals surface area (Å²) in [6.07, 6.45) is 3.04. The summed E-state index contributed by atoms with van der Waals surface area (Å²) in [4.78, 5) is 11.5.